The molecule has 238 valence electrons. The normalized spacial score (nSPS) is 15.1. The molecule has 1 unspecified atom stereocenters. The number of hydrogen-bond acceptors (Lipinski definition) is 2. The predicted molar refractivity (Wildman–Crippen MR) is 182 cm³/mol. The first-order chi connectivity index (χ1) is 19.8. The molecule has 0 N–H and O–H groups in total. The van der Waals surface area contributed by atoms with Crippen LogP contribution >= 0.6 is 0 Å². The summed E-state index contributed by atoms with van der Waals surface area (Å²) in [6.45, 7) is 9.47. The van der Waals surface area contributed by atoms with Gasteiger partial charge in [0.2, 0.25) is 0 Å². The first-order valence-electron chi connectivity index (χ1n) is 19.0. The van der Waals surface area contributed by atoms with Crippen molar-refractivity contribution >= 4 is 0 Å². The third-order valence-electron chi connectivity index (χ3n) is 9.32. The van der Waals surface area contributed by atoms with Gasteiger partial charge < -0.3 is 9.80 Å². The fourth-order valence-electron chi connectivity index (χ4n) is 6.54. The zero-order chi connectivity index (χ0) is 28.8. The fraction of sp³-hybridized carbons (Fsp3) is 0.947. The average Bonchev–Trinajstić information content (AvgIpc) is 3.35. The lowest BCUT2D eigenvalue weighted by Crippen LogP contribution is -2.39. The second-order valence-electron chi connectivity index (χ2n) is 13.2. The third-order valence-corrected chi connectivity index (χ3v) is 9.32. The van der Waals surface area contributed by atoms with Crippen molar-refractivity contribution in [2.45, 2.75) is 220 Å². The summed E-state index contributed by atoms with van der Waals surface area (Å²) in [7, 11) is 0. The molecule has 0 aromatic rings. The maximum absolute atomic E-state index is 2.71. The number of hydrogen-bond donors (Lipinski definition) is 0. The van der Waals surface area contributed by atoms with Gasteiger partial charge in [0.25, 0.3) is 0 Å². The van der Waals surface area contributed by atoms with Crippen molar-refractivity contribution in [3.05, 3.63) is 12.4 Å². The van der Waals surface area contributed by atoms with Crippen molar-refractivity contribution in [1.29, 1.82) is 0 Å². The highest BCUT2D eigenvalue weighted by Crippen LogP contribution is 2.24. The van der Waals surface area contributed by atoms with Gasteiger partial charge in [0.15, 0.2) is 0 Å². The van der Waals surface area contributed by atoms with E-state index >= 15 is 0 Å². The molecule has 0 aromatic heterocycles. The van der Waals surface area contributed by atoms with E-state index in [1.807, 2.05) is 0 Å². The first-order valence-corrected chi connectivity index (χ1v) is 19.0. The number of unbranched alkanes of at least 4 members (excludes halogenated alkanes) is 26. The monoisotopic (exact) mass is 561 g/mol. The average molecular weight is 561 g/mol. The molecule has 1 aliphatic heterocycles. The van der Waals surface area contributed by atoms with E-state index in [-0.39, 0.29) is 0 Å². The molecule has 2 heteroatoms. The summed E-state index contributed by atoms with van der Waals surface area (Å²) in [6, 6.07) is 0. The van der Waals surface area contributed by atoms with Crippen molar-refractivity contribution < 1.29 is 0 Å². The van der Waals surface area contributed by atoms with E-state index in [9.17, 15) is 0 Å². The van der Waals surface area contributed by atoms with Crippen LogP contribution in [0, 0.1) is 0 Å². The maximum Gasteiger partial charge on any atom is 0.101 e. The van der Waals surface area contributed by atoms with Gasteiger partial charge >= 0.3 is 0 Å². The Morgan fingerprint density at radius 2 is 0.575 bits per heavy atom. The molecule has 1 heterocycles. The molecule has 0 saturated heterocycles. The Labute approximate surface area is 254 Å². The largest absolute Gasteiger partial charge is 0.356 e. The van der Waals surface area contributed by atoms with Crippen molar-refractivity contribution in [1.82, 2.24) is 9.80 Å². The summed E-state index contributed by atoms with van der Waals surface area (Å²) in [6.07, 6.45) is 48.5. The molecule has 1 atom stereocenters. The molecule has 0 saturated carbocycles. The third kappa shape index (κ3) is 22.0. The second kappa shape index (κ2) is 29.8. The van der Waals surface area contributed by atoms with Gasteiger partial charge in [-0.3, -0.25) is 0 Å². The SMILES string of the molecule is CCCCCCCCCCCCCCCCCC1N(CCCCCCC)C=CN1CCCCCCCCCCC. The summed E-state index contributed by atoms with van der Waals surface area (Å²) in [5.74, 6) is 0. The Morgan fingerprint density at radius 1 is 0.325 bits per heavy atom. The molecule has 1 aliphatic rings. The lowest BCUT2D eigenvalue weighted by atomic mass is 10.0. The molecule has 0 aliphatic carbocycles. The molecule has 0 fully saturated rings. The molecule has 1 rings (SSSR count). The lowest BCUT2D eigenvalue weighted by Gasteiger charge is -2.33. The van der Waals surface area contributed by atoms with E-state index in [4.69, 9.17) is 0 Å². The van der Waals surface area contributed by atoms with Gasteiger partial charge in [-0.05, 0) is 25.7 Å². The van der Waals surface area contributed by atoms with Crippen molar-refractivity contribution in [3.8, 4) is 0 Å². The second-order valence-corrected chi connectivity index (χ2v) is 13.2. The van der Waals surface area contributed by atoms with Crippen molar-refractivity contribution in [2.24, 2.45) is 0 Å². The summed E-state index contributed by atoms with van der Waals surface area (Å²) in [4.78, 5) is 5.40. The molecule has 2 nitrogen and oxygen atoms in total. The molecule has 0 amide bonds. The van der Waals surface area contributed by atoms with E-state index in [1.165, 1.54) is 206 Å². The minimum absolute atomic E-state index is 0.641. The van der Waals surface area contributed by atoms with Crippen LogP contribution < -0.4 is 0 Å². The van der Waals surface area contributed by atoms with Crippen LogP contribution in [0.2, 0.25) is 0 Å². The van der Waals surface area contributed by atoms with Gasteiger partial charge in [0.05, 0.1) is 0 Å². The molecular formula is C38H76N2. The first kappa shape index (κ1) is 37.4. The Hall–Kier alpha value is -0.660. The quantitative estimate of drug-likeness (QED) is 0.0755. The highest BCUT2D eigenvalue weighted by Gasteiger charge is 2.24. The van der Waals surface area contributed by atoms with Crippen LogP contribution in [0.15, 0.2) is 12.4 Å². The zero-order valence-corrected chi connectivity index (χ0v) is 28.3. The van der Waals surface area contributed by atoms with E-state index in [0.29, 0.717) is 6.17 Å². The standard InChI is InChI=1S/C38H76N2/c1-4-7-10-13-15-17-18-19-20-21-22-23-25-27-30-33-38-39(34-31-28-12-9-6-3)36-37-40(38)35-32-29-26-24-16-14-11-8-5-2/h36-38H,4-35H2,1-3H3. The Balaban J connectivity index is 2.15. The predicted octanol–water partition coefficient (Wildman–Crippen LogP) is 13.2. The van der Waals surface area contributed by atoms with Gasteiger partial charge in [0, 0.05) is 25.5 Å². The molecule has 0 radical (unpaired) electrons. The lowest BCUT2D eigenvalue weighted by molar-refractivity contribution is 0.135. The molecule has 0 spiro atoms. The summed E-state index contributed by atoms with van der Waals surface area (Å²) in [5, 5.41) is 0. The van der Waals surface area contributed by atoms with Crippen LogP contribution in [0.3, 0.4) is 0 Å². The van der Waals surface area contributed by atoms with E-state index < -0.39 is 0 Å². The van der Waals surface area contributed by atoms with Crippen LogP contribution in [0.1, 0.15) is 213 Å². The van der Waals surface area contributed by atoms with Crippen LogP contribution in [-0.4, -0.2) is 29.1 Å². The van der Waals surface area contributed by atoms with Gasteiger partial charge in [-0.15, -0.1) is 0 Å². The Morgan fingerprint density at radius 3 is 0.875 bits per heavy atom. The van der Waals surface area contributed by atoms with Crippen LogP contribution in [0.4, 0.5) is 0 Å². The highest BCUT2D eigenvalue weighted by atomic mass is 15.4. The Kier molecular flexibility index (Phi) is 27.9. The summed E-state index contributed by atoms with van der Waals surface area (Å²) >= 11 is 0. The maximum atomic E-state index is 2.71. The van der Waals surface area contributed by atoms with Crippen molar-refractivity contribution in [3.63, 3.8) is 0 Å². The minimum atomic E-state index is 0.641. The van der Waals surface area contributed by atoms with Gasteiger partial charge in [-0.1, -0.05) is 188 Å². The minimum Gasteiger partial charge on any atom is -0.356 e. The topological polar surface area (TPSA) is 6.48 Å². The molecule has 0 aromatic carbocycles. The van der Waals surface area contributed by atoms with Gasteiger partial charge in [0.1, 0.15) is 6.17 Å². The van der Waals surface area contributed by atoms with Crippen LogP contribution in [-0.2, 0) is 0 Å². The number of rotatable bonds is 32. The van der Waals surface area contributed by atoms with E-state index in [1.54, 1.807) is 0 Å². The van der Waals surface area contributed by atoms with E-state index in [2.05, 4.69) is 43.0 Å². The van der Waals surface area contributed by atoms with E-state index in [0.717, 1.165) is 0 Å². The highest BCUT2D eigenvalue weighted by molar-refractivity contribution is 4.97. The molecular weight excluding hydrogens is 484 g/mol. The van der Waals surface area contributed by atoms with Gasteiger partial charge in [-0.25, -0.2) is 0 Å². The Bertz CT molecular complexity index is 516. The van der Waals surface area contributed by atoms with Crippen molar-refractivity contribution in [2.75, 3.05) is 13.1 Å². The molecule has 0 bridgehead atoms. The summed E-state index contributed by atoms with van der Waals surface area (Å²) in [5.41, 5.74) is 0. The van der Waals surface area contributed by atoms with Gasteiger partial charge in [-0.2, -0.15) is 0 Å². The fourth-order valence-corrected chi connectivity index (χ4v) is 6.54. The zero-order valence-electron chi connectivity index (χ0n) is 28.3. The van der Waals surface area contributed by atoms with Crippen LogP contribution in [0.25, 0.3) is 0 Å². The smallest absolute Gasteiger partial charge is 0.101 e. The molecule has 40 heavy (non-hydrogen) atoms. The van der Waals surface area contributed by atoms with Crippen LogP contribution in [0.5, 0.6) is 0 Å². The summed E-state index contributed by atoms with van der Waals surface area (Å²) < 4.78 is 0. The number of nitrogens with zero attached hydrogens (tertiary/aromatic N) is 2.